The van der Waals surface area contributed by atoms with Crippen molar-refractivity contribution in [2.75, 3.05) is 6.54 Å². The Balaban J connectivity index is 2.00. The lowest BCUT2D eigenvalue weighted by Crippen LogP contribution is -2.40. The lowest BCUT2D eigenvalue weighted by Gasteiger charge is -2.14. The van der Waals surface area contributed by atoms with Crippen LogP contribution >= 0.6 is 11.3 Å². The van der Waals surface area contributed by atoms with Crippen molar-refractivity contribution >= 4 is 17.2 Å². The number of amides is 1. The quantitative estimate of drug-likeness (QED) is 0.807. The topological polar surface area (TPSA) is 78.0 Å². The zero-order chi connectivity index (χ0) is 15.6. The minimum atomic E-state index is -4.76. The Morgan fingerprint density at radius 2 is 2.29 bits per heavy atom. The molecule has 0 saturated heterocycles. The van der Waals surface area contributed by atoms with Gasteiger partial charge in [0, 0.05) is 17.1 Å². The van der Waals surface area contributed by atoms with E-state index in [1.807, 2.05) is 17.6 Å². The van der Waals surface area contributed by atoms with Crippen LogP contribution < -0.4 is 5.32 Å². The molecule has 2 rings (SSSR count). The number of halogens is 3. The van der Waals surface area contributed by atoms with Crippen LogP contribution in [0.4, 0.5) is 13.2 Å². The van der Waals surface area contributed by atoms with Gasteiger partial charge < -0.3 is 15.4 Å². The Kier molecular flexibility index (Phi) is 4.33. The summed E-state index contributed by atoms with van der Waals surface area (Å²) < 4.78 is 36.3. The number of aliphatic hydroxyl groups is 1. The molecule has 1 atom stereocenters. The molecule has 0 aliphatic carbocycles. The molecule has 21 heavy (non-hydrogen) atoms. The summed E-state index contributed by atoms with van der Waals surface area (Å²) in [6.45, 7) is 0.944. The predicted molar refractivity (Wildman–Crippen MR) is 71.0 cm³/mol. The minimum Gasteiger partial charge on any atom is -0.382 e. The van der Waals surface area contributed by atoms with E-state index in [0.717, 1.165) is 5.01 Å². The molecule has 0 bridgehead atoms. The summed E-state index contributed by atoms with van der Waals surface area (Å²) in [5.41, 5.74) is 1.45. The van der Waals surface area contributed by atoms with Crippen LogP contribution in [0, 0.1) is 6.92 Å². The van der Waals surface area contributed by atoms with Crippen molar-refractivity contribution in [2.24, 2.45) is 0 Å². The molecule has 0 aliphatic rings. The fraction of sp³-hybridized carbons (Fsp3) is 0.333. The SMILES string of the molecule is Cc1nc(-c2c[nH]c(C(=O)NCC(O)C(F)(F)F)c2)cs1. The number of aromatic nitrogens is 2. The van der Waals surface area contributed by atoms with Crippen LogP contribution in [0.3, 0.4) is 0 Å². The summed E-state index contributed by atoms with van der Waals surface area (Å²) in [4.78, 5) is 18.6. The Bertz CT molecular complexity index is 636. The number of H-pyrrole nitrogens is 1. The monoisotopic (exact) mass is 319 g/mol. The number of carbonyl (C=O) groups excluding carboxylic acids is 1. The molecular weight excluding hydrogens is 307 g/mol. The summed E-state index contributed by atoms with van der Waals surface area (Å²) in [5.74, 6) is -0.725. The van der Waals surface area contributed by atoms with E-state index in [4.69, 9.17) is 5.11 Å². The zero-order valence-electron chi connectivity index (χ0n) is 10.9. The maximum absolute atomic E-state index is 12.1. The Morgan fingerprint density at radius 3 is 2.86 bits per heavy atom. The number of rotatable bonds is 4. The van der Waals surface area contributed by atoms with Crippen molar-refractivity contribution in [3.05, 3.63) is 28.3 Å². The van der Waals surface area contributed by atoms with E-state index < -0.39 is 24.7 Å². The Morgan fingerprint density at radius 1 is 1.57 bits per heavy atom. The van der Waals surface area contributed by atoms with Gasteiger partial charge in [-0.1, -0.05) is 0 Å². The second-order valence-electron chi connectivity index (χ2n) is 4.32. The van der Waals surface area contributed by atoms with Crippen molar-refractivity contribution in [1.29, 1.82) is 0 Å². The Labute approximate surface area is 121 Å². The summed E-state index contributed by atoms with van der Waals surface area (Å²) in [6, 6.07) is 1.49. The number of hydrogen-bond acceptors (Lipinski definition) is 4. The lowest BCUT2D eigenvalue weighted by molar-refractivity contribution is -0.201. The van der Waals surface area contributed by atoms with E-state index in [-0.39, 0.29) is 5.69 Å². The molecule has 2 aromatic rings. The summed E-state index contributed by atoms with van der Waals surface area (Å²) >= 11 is 1.45. The first-order valence-corrected chi connectivity index (χ1v) is 6.79. The Hall–Kier alpha value is -1.87. The van der Waals surface area contributed by atoms with Gasteiger partial charge in [-0.2, -0.15) is 13.2 Å². The molecule has 0 radical (unpaired) electrons. The van der Waals surface area contributed by atoms with Crippen molar-refractivity contribution in [2.45, 2.75) is 19.2 Å². The van der Waals surface area contributed by atoms with Gasteiger partial charge in [-0.15, -0.1) is 11.3 Å². The molecule has 5 nitrogen and oxygen atoms in total. The first-order chi connectivity index (χ1) is 9.77. The second kappa shape index (κ2) is 5.86. The van der Waals surface area contributed by atoms with E-state index in [9.17, 15) is 18.0 Å². The van der Waals surface area contributed by atoms with Crippen molar-refractivity contribution in [3.8, 4) is 11.3 Å². The number of alkyl halides is 3. The predicted octanol–water partition coefficient (Wildman–Crippen LogP) is 2.10. The van der Waals surface area contributed by atoms with Crippen molar-refractivity contribution < 1.29 is 23.1 Å². The van der Waals surface area contributed by atoms with Gasteiger partial charge in [-0.05, 0) is 13.0 Å². The number of aromatic amines is 1. The number of carbonyl (C=O) groups is 1. The summed E-state index contributed by atoms with van der Waals surface area (Å²) in [6.07, 6.45) is -5.80. The van der Waals surface area contributed by atoms with Crippen LogP contribution in [-0.4, -0.2) is 39.8 Å². The lowest BCUT2D eigenvalue weighted by atomic mass is 10.2. The van der Waals surface area contributed by atoms with Gasteiger partial charge in [-0.25, -0.2) is 4.98 Å². The smallest absolute Gasteiger partial charge is 0.382 e. The third kappa shape index (κ3) is 3.82. The highest BCUT2D eigenvalue weighted by molar-refractivity contribution is 7.09. The van der Waals surface area contributed by atoms with Crippen molar-refractivity contribution in [3.63, 3.8) is 0 Å². The maximum atomic E-state index is 12.1. The van der Waals surface area contributed by atoms with E-state index in [2.05, 4.69) is 9.97 Å². The van der Waals surface area contributed by atoms with Crippen LogP contribution in [-0.2, 0) is 0 Å². The molecule has 114 valence electrons. The van der Waals surface area contributed by atoms with Crippen LogP contribution in [0.25, 0.3) is 11.3 Å². The molecule has 2 heterocycles. The summed E-state index contributed by atoms with van der Waals surface area (Å²) in [5, 5.41) is 13.5. The molecule has 0 aromatic carbocycles. The standard InChI is InChI=1S/C12H12F3N3O2S/c1-6-18-9(5-21-6)7-2-8(16-3-7)11(20)17-4-10(19)12(13,14)15/h2-3,5,10,16,19H,4H2,1H3,(H,17,20). The van der Waals surface area contributed by atoms with Gasteiger partial charge in [0.25, 0.3) is 5.91 Å². The third-order valence-corrected chi connectivity index (χ3v) is 3.45. The summed E-state index contributed by atoms with van der Waals surface area (Å²) in [7, 11) is 0. The van der Waals surface area contributed by atoms with Gasteiger partial charge >= 0.3 is 6.18 Å². The fourth-order valence-corrected chi connectivity index (χ4v) is 2.19. The van der Waals surface area contributed by atoms with Gasteiger partial charge in [-0.3, -0.25) is 4.79 Å². The number of nitrogens with zero attached hydrogens (tertiary/aromatic N) is 1. The first-order valence-electron chi connectivity index (χ1n) is 5.91. The number of nitrogens with one attached hydrogen (secondary N) is 2. The average molecular weight is 319 g/mol. The van der Waals surface area contributed by atoms with Crippen LogP contribution in [0.1, 0.15) is 15.5 Å². The molecule has 9 heteroatoms. The van der Waals surface area contributed by atoms with Gasteiger partial charge in [0.05, 0.1) is 17.2 Å². The molecule has 0 aliphatic heterocycles. The molecule has 3 N–H and O–H groups in total. The highest BCUT2D eigenvalue weighted by atomic mass is 32.1. The van der Waals surface area contributed by atoms with Crippen LogP contribution in [0.2, 0.25) is 0 Å². The molecule has 0 fully saturated rings. The van der Waals surface area contributed by atoms with E-state index in [1.165, 1.54) is 17.4 Å². The highest BCUT2D eigenvalue weighted by Crippen LogP contribution is 2.22. The van der Waals surface area contributed by atoms with E-state index in [1.54, 1.807) is 6.20 Å². The fourth-order valence-electron chi connectivity index (χ4n) is 1.57. The number of aryl methyl sites for hydroxylation is 1. The molecule has 1 amide bonds. The number of aliphatic hydroxyl groups excluding tert-OH is 1. The van der Waals surface area contributed by atoms with E-state index in [0.29, 0.717) is 11.3 Å². The van der Waals surface area contributed by atoms with Gasteiger partial charge in [0.2, 0.25) is 0 Å². The second-order valence-corrected chi connectivity index (χ2v) is 5.38. The highest BCUT2D eigenvalue weighted by Gasteiger charge is 2.38. The first kappa shape index (κ1) is 15.5. The van der Waals surface area contributed by atoms with Gasteiger partial charge in [0.15, 0.2) is 6.10 Å². The largest absolute Gasteiger partial charge is 0.416 e. The normalized spacial score (nSPS) is 13.2. The molecular formula is C12H12F3N3O2S. The maximum Gasteiger partial charge on any atom is 0.416 e. The molecule has 1 unspecified atom stereocenters. The van der Waals surface area contributed by atoms with Gasteiger partial charge in [0.1, 0.15) is 5.69 Å². The van der Waals surface area contributed by atoms with Crippen LogP contribution in [0.15, 0.2) is 17.6 Å². The molecule has 0 saturated carbocycles. The van der Waals surface area contributed by atoms with Crippen LogP contribution in [0.5, 0.6) is 0 Å². The third-order valence-electron chi connectivity index (χ3n) is 2.68. The van der Waals surface area contributed by atoms with Crippen molar-refractivity contribution in [1.82, 2.24) is 15.3 Å². The number of thiazole rings is 1. The number of hydrogen-bond donors (Lipinski definition) is 3. The molecule has 2 aromatic heterocycles. The molecule has 0 spiro atoms. The average Bonchev–Trinajstić information content (AvgIpc) is 3.02. The van der Waals surface area contributed by atoms with E-state index >= 15 is 0 Å². The zero-order valence-corrected chi connectivity index (χ0v) is 11.7. The minimum absolute atomic E-state index is 0.102.